The van der Waals surface area contributed by atoms with E-state index >= 15 is 0 Å². The first-order chi connectivity index (χ1) is 13.9. The SMILES string of the molecule is COc1cc(CNC(=O)COC(=O)/C=C/c2cccc(F)c2)ccc1OC(F)F. The molecule has 1 N–H and O–H groups in total. The van der Waals surface area contributed by atoms with Gasteiger partial charge >= 0.3 is 12.6 Å². The van der Waals surface area contributed by atoms with E-state index in [1.807, 2.05) is 0 Å². The third-order valence-corrected chi connectivity index (χ3v) is 3.54. The minimum atomic E-state index is -2.99. The Kier molecular flexibility index (Phi) is 8.08. The summed E-state index contributed by atoms with van der Waals surface area (Å²) in [6, 6.07) is 9.82. The van der Waals surface area contributed by atoms with Crippen LogP contribution in [-0.4, -0.2) is 32.2 Å². The number of alkyl halides is 2. The number of carbonyl (C=O) groups excluding carboxylic acids is 2. The van der Waals surface area contributed by atoms with E-state index in [-0.39, 0.29) is 18.0 Å². The molecule has 0 saturated carbocycles. The third kappa shape index (κ3) is 7.57. The number of nitrogens with one attached hydrogen (secondary N) is 1. The van der Waals surface area contributed by atoms with Crippen LogP contribution in [0.5, 0.6) is 11.5 Å². The average molecular weight is 409 g/mol. The summed E-state index contributed by atoms with van der Waals surface area (Å²) in [6.45, 7) is -3.45. The van der Waals surface area contributed by atoms with Crippen LogP contribution in [0.25, 0.3) is 6.08 Å². The highest BCUT2D eigenvalue weighted by molar-refractivity contribution is 5.89. The number of halogens is 3. The van der Waals surface area contributed by atoms with Gasteiger partial charge in [-0.25, -0.2) is 9.18 Å². The standard InChI is InChI=1S/C20H18F3NO5/c1-27-17-10-14(5-7-16(17)29-20(22)23)11-24-18(25)12-28-19(26)8-6-13-3-2-4-15(21)9-13/h2-10,20H,11-12H2,1H3,(H,24,25)/b8-6+. The fourth-order valence-corrected chi connectivity index (χ4v) is 2.23. The van der Waals surface area contributed by atoms with Crippen LogP contribution in [0.4, 0.5) is 13.2 Å². The lowest BCUT2D eigenvalue weighted by molar-refractivity contribution is -0.143. The number of carbonyl (C=O) groups is 2. The molecule has 0 unspecified atom stereocenters. The van der Waals surface area contributed by atoms with Gasteiger partial charge in [-0.05, 0) is 41.5 Å². The molecule has 0 fully saturated rings. The first kappa shape index (κ1) is 21.8. The van der Waals surface area contributed by atoms with Crippen LogP contribution in [0, 0.1) is 5.82 Å². The number of methoxy groups -OCH3 is 1. The van der Waals surface area contributed by atoms with E-state index in [9.17, 15) is 22.8 Å². The maximum absolute atomic E-state index is 13.0. The van der Waals surface area contributed by atoms with Crippen LogP contribution in [0.1, 0.15) is 11.1 Å². The molecule has 0 spiro atoms. The van der Waals surface area contributed by atoms with Gasteiger partial charge in [0.1, 0.15) is 5.82 Å². The minimum absolute atomic E-state index is 0.0564. The molecule has 9 heteroatoms. The highest BCUT2D eigenvalue weighted by Crippen LogP contribution is 2.29. The summed E-state index contributed by atoms with van der Waals surface area (Å²) in [5.41, 5.74) is 1.04. The summed E-state index contributed by atoms with van der Waals surface area (Å²) in [7, 11) is 1.30. The van der Waals surface area contributed by atoms with Gasteiger partial charge in [-0.1, -0.05) is 18.2 Å². The largest absolute Gasteiger partial charge is 0.493 e. The van der Waals surface area contributed by atoms with Crippen molar-refractivity contribution >= 4 is 18.0 Å². The molecule has 0 aromatic heterocycles. The molecule has 2 rings (SSSR count). The molecule has 0 saturated heterocycles. The number of rotatable bonds is 9. The van der Waals surface area contributed by atoms with E-state index in [0.717, 1.165) is 6.08 Å². The minimum Gasteiger partial charge on any atom is -0.493 e. The van der Waals surface area contributed by atoms with Gasteiger partial charge in [0.15, 0.2) is 18.1 Å². The first-order valence-corrected chi connectivity index (χ1v) is 8.36. The predicted octanol–water partition coefficient (Wildman–Crippen LogP) is 3.31. The molecule has 0 bridgehead atoms. The van der Waals surface area contributed by atoms with Crippen LogP contribution in [0.3, 0.4) is 0 Å². The lowest BCUT2D eigenvalue weighted by Gasteiger charge is -2.12. The average Bonchev–Trinajstić information content (AvgIpc) is 2.69. The Labute approximate surface area is 164 Å². The molecular formula is C20H18F3NO5. The summed E-state index contributed by atoms with van der Waals surface area (Å²) in [5, 5.41) is 2.51. The molecule has 1 amide bonds. The lowest BCUT2D eigenvalue weighted by atomic mass is 10.2. The van der Waals surface area contributed by atoms with Crippen molar-refractivity contribution in [2.24, 2.45) is 0 Å². The van der Waals surface area contributed by atoms with Crippen molar-refractivity contribution in [1.29, 1.82) is 0 Å². The normalized spacial score (nSPS) is 10.8. The molecule has 29 heavy (non-hydrogen) atoms. The second-order valence-electron chi connectivity index (χ2n) is 5.64. The van der Waals surface area contributed by atoms with E-state index in [1.165, 1.54) is 49.6 Å². The fourth-order valence-electron chi connectivity index (χ4n) is 2.23. The zero-order chi connectivity index (χ0) is 21.2. The van der Waals surface area contributed by atoms with Crippen LogP contribution in [0.15, 0.2) is 48.5 Å². The second kappa shape index (κ2) is 10.7. The number of ether oxygens (including phenoxy) is 3. The van der Waals surface area contributed by atoms with E-state index in [1.54, 1.807) is 6.07 Å². The van der Waals surface area contributed by atoms with Crippen molar-refractivity contribution in [1.82, 2.24) is 5.32 Å². The molecule has 0 aliphatic rings. The van der Waals surface area contributed by atoms with Gasteiger partial charge in [-0.15, -0.1) is 0 Å². The maximum Gasteiger partial charge on any atom is 0.387 e. The van der Waals surface area contributed by atoms with Crippen LogP contribution >= 0.6 is 0 Å². The Bertz CT molecular complexity index is 886. The Balaban J connectivity index is 1.80. The number of hydrogen-bond acceptors (Lipinski definition) is 5. The number of amides is 1. The molecule has 0 heterocycles. The summed E-state index contributed by atoms with van der Waals surface area (Å²) < 4.78 is 51.7. The van der Waals surface area contributed by atoms with Crippen molar-refractivity contribution in [3.05, 3.63) is 65.5 Å². The molecule has 2 aromatic carbocycles. The highest BCUT2D eigenvalue weighted by Gasteiger charge is 2.12. The summed E-state index contributed by atoms with van der Waals surface area (Å²) in [4.78, 5) is 23.4. The monoisotopic (exact) mass is 409 g/mol. The molecule has 2 aromatic rings. The van der Waals surface area contributed by atoms with Crippen LogP contribution in [0.2, 0.25) is 0 Å². The van der Waals surface area contributed by atoms with Gasteiger partial charge < -0.3 is 19.5 Å². The highest BCUT2D eigenvalue weighted by atomic mass is 19.3. The Morgan fingerprint density at radius 1 is 1.14 bits per heavy atom. The molecule has 154 valence electrons. The zero-order valence-corrected chi connectivity index (χ0v) is 15.4. The van der Waals surface area contributed by atoms with Gasteiger partial charge in [0, 0.05) is 12.6 Å². The van der Waals surface area contributed by atoms with Gasteiger partial charge in [-0.3, -0.25) is 4.79 Å². The second-order valence-corrected chi connectivity index (χ2v) is 5.64. The summed E-state index contributed by atoms with van der Waals surface area (Å²) in [6.07, 6.45) is 2.44. The van der Waals surface area contributed by atoms with Crippen molar-refractivity contribution < 1.29 is 37.0 Å². The van der Waals surface area contributed by atoms with E-state index < -0.39 is 30.9 Å². The van der Waals surface area contributed by atoms with Gasteiger partial charge in [0.05, 0.1) is 7.11 Å². The maximum atomic E-state index is 13.0. The van der Waals surface area contributed by atoms with E-state index in [4.69, 9.17) is 9.47 Å². The van der Waals surface area contributed by atoms with E-state index in [0.29, 0.717) is 11.1 Å². The first-order valence-electron chi connectivity index (χ1n) is 8.36. The Morgan fingerprint density at radius 3 is 2.62 bits per heavy atom. The van der Waals surface area contributed by atoms with Gasteiger partial charge in [-0.2, -0.15) is 8.78 Å². The smallest absolute Gasteiger partial charge is 0.387 e. The summed E-state index contributed by atoms with van der Waals surface area (Å²) in [5.74, 6) is -1.81. The molecule has 6 nitrogen and oxygen atoms in total. The quantitative estimate of drug-likeness (QED) is 0.508. The van der Waals surface area contributed by atoms with Crippen LogP contribution < -0.4 is 14.8 Å². The van der Waals surface area contributed by atoms with Crippen molar-refractivity contribution in [2.75, 3.05) is 13.7 Å². The summed E-state index contributed by atoms with van der Waals surface area (Å²) >= 11 is 0. The topological polar surface area (TPSA) is 73.9 Å². The molecular weight excluding hydrogens is 391 g/mol. The Hall–Kier alpha value is -3.49. The fraction of sp³-hybridized carbons (Fsp3) is 0.200. The zero-order valence-electron chi connectivity index (χ0n) is 15.4. The van der Waals surface area contributed by atoms with Crippen molar-refractivity contribution in [3.8, 4) is 11.5 Å². The van der Waals surface area contributed by atoms with Gasteiger partial charge in [0.25, 0.3) is 5.91 Å². The molecule has 0 atom stereocenters. The molecule has 0 radical (unpaired) electrons. The Morgan fingerprint density at radius 2 is 1.93 bits per heavy atom. The number of benzene rings is 2. The molecule has 0 aliphatic carbocycles. The van der Waals surface area contributed by atoms with Crippen LogP contribution in [-0.2, 0) is 20.9 Å². The lowest BCUT2D eigenvalue weighted by Crippen LogP contribution is -2.28. The van der Waals surface area contributed by atoms with Crippen molar-refractivity contribution in [3.63, 3.8) is 0 Å². The number of hydrogen-bond donors (Lipinski definition) is 1. The van der Waals surface area contributed by atoms with Gasteiger partial charge in [0.2, 0.25) is 0 Å². The van der Waals surface area contributed by atoms with Crippen molar-refractivity contribution in [2.45, 2.75) is 13.2 Å². The van der Waals surface area contributed by atoms with E-state index in [2.05, 4.69) is 10.1 Å². The third-order valence-electron chi connectivity index (χ3n) is 3.54. The number of esters is 1. The predicted molar refractivity (Wildman–Crippen MR) is 97.9 cm³/mol. The molecule has 0 aliphatic heterocycles.